The van der Waals surface area contributed by atoms with Crippen molar-refractivity contribution in [1.82, 2.24) is 19.1 Å². The number of hydrogen-bond acceptors (Lipinski definition) is 4. The fourth-order valence-electron chi connectivity index (χ4n) is 2.56. The van der Waals surface area contributed by atoms with Crippen molar-refractivity contribution in [3.05, 3.63) is 22.0 Å². The number of halogens is 1. The summed E-state index contributed by atoms with van der Waals surface area (Å²) in [5, 5.41) is 0.154. The third-order valence-electron chi connectivity index (χ3n) is 3.41. The Morgan fingerprint density at radius 2 is 2.32 bits per heavy atom. The highest BCUT2D eigenvalue weighted by molar-refractivity contribution is 6.28. The molecule has 1 aliphatic heterocycles. The summed E-state index contributed by atoms with van der Waals surface area (Å²) >= 11 is 5.86. The van der Waals surface area contributed by atoms with Crippen molar-refractivity contribution in [2.45, 2.75) is 32.4 Å². The lowest BCUT2D eigenvalue weighted by molar-refractivity contribution is 0.186. The molecule has 102 valence electrons. The third-order valence-corrected chi connectivity index (χ3v) is 3.59. The van der Waals surface area contributed by atoms with Crippen LogP contribution in [0.1, 0.15) is 32.4 Å². The molecule has 2 aromatic rings. The molecule has 3 rings (SSSR count). The smallest absolute Gasteiger partial charge is 0.330 e. The van der Waals surface area contributed by atoms with Crippen molar-refractivity contribution in [2.75, 3.05) is 13.2 Å². The maximum Gasteiger partial charge on any atom is 0.330 e. The molecule has 1 atom stereocenters. The Hall–Kier alpha value is -1.40. The molecule has 7 heteroatoms. The summed E-state index contributed by atoms with van der Waals surface area (Å²) in [6, 6.07) is 0.0734. The first-order valence-electron chi connectivity index (χ1n) is 6.32. The number of fused-ring (bicyclic) bond motifs is 1. The summed E-state index contributed by atoms with van der Waals surface area (Å²) in [6.45, 7) is 5.14. The fourth-order valence-corrected chi connectivity index (χ4v) is 2.69. The first-order valence-corrected chi connectivity index (χ1v) is 6.70. The summed E-state index contributed by atoms with van der Waals surface area (Å²) < 4.78 is 8.76. The van der Waals surface area contributed by atoms with Crippen LogP contribution in [0.25, 0.3) is 11.2 Å². The average molecular weight is 283 g/mol. The van der Waals surface area contributed by atoms with E-state index in [2.05, 4.69) is 9.97 Å². The monoisotopic (exact) mass is 282 g/mol. The quantitative estimate of drug-likeness (QED) is 0.788. The van der Waals surface area contributed by atoms with Crippen LogP contribution in [-0.4, -0.2) is 32.3 Å². The predicted molar refractivity (Wildman–Crippen MR) is 71.7 cm³/mol. The number of rotatable bonds is 2. The van der Waals surface area contributed by atoms with Crippen molar-refractivity contribution in [3.63, 3.8) is 0 Å². The molecule has 1 fully saturated rings. The maximum atomic E-state index is 12.6. The Morgan fingerprint density at radius 3 is 2.95 bits per heavy atom. The van der Waals surface area contributed by atoms with E-state index in [1.165, 1.54) is 0 Å². The molecular formula is C12H15ClN4O2. The molecule has 0 aliphatic carbocycles. The number of imidazole rings is 1. The van der Waals surface area contributed by atoms with Gasteiger partial charge >= 0.3 is 5.69 Å². The van der Waals surface area contributed by atoms with E-state index >= 15 is 0 Å². The van der Waals surface area contributed by atoms with Gasteiger partial charge < -0.3 is 4.74 Å². The Labute approximate surface area is 115 Å². The highest BCUT2D eigenvalue weighted by Gasteiger charge is 2.26. The van der Waals surface area contributed by atoms with Gasteiger partial charge in [0.15, 0.2) is 5.65 Å². The van der Waals surface area contributed by atoms with Gasteiger partial charge in [0.25, 0.3) is 0 Å². The molecule has 0 N–H and O–H groups in total. The van der Waals surface area contributed by atoms with Crippen molar-refractivity contribution >= 4 is 22.8 Å². The molecule has 6 nitrogen and oxygen atoms in total. The van der Waals surface area contributed by atoms with Crippen molar-refractivity contribution in [1.29, 1.82) is 0 Å². The van der Waals surface area contributed by atoms with E-state index in [1.807, 2.05) is 13.8 Å². The standard InChI is InChI=1S/C12H15ClN4O2/c1-7(2)16-9-5-14-11(13)15-10(9)17(12(16)18)8-3-4-19-6-8/h5,7-8H,3-4,6H2,1-2H3. The van der Waals surface area contributed by atoms with Crippen LogP contribution in [0.5, 0.6) is 0 Å². The van der Waals surface area contributed by atoms with E-state index in [1.54, 1.807) is 15.3 Å². The third kappa shape index (κ3) is 1.95. The van der Waals surface area contributed by atoms with E-state index in [4.69, 9.17) is 16.3 Å². The van der Waals surface area contributed by atoms with Crippen LogP contribution in [0, 0.1) is 0 Å². The zero-order valence-corrected chi connectivity index (χ0v) is 11.6. The van der Waals surface area contributed by atoms with E-state index in [0.29, 0.717) is 18.9 Å². The normalized spacial score (nSPS) is 19.7. The second-order valence-electron chi connectivity index (χ2n) is 4.98. The van der Waals surface area contributed by atoms with Gasteiger partial charge in [-0.25, -0.2) is 9.78 Å². The van der Waals surface area contributed by atoms with Crippen LogP contribution < -0.4 is 5.69 Å². The van der Waals surface area contributed by atoms with Gasteiger partial charge in [0, 0.05) is 12.6 Å². The summed E-state index contributed by atoms with van der Waals surface area (Å²) in [5.41, 5.74) is 1.24. The number of aromatic nitrogens is 4. The molecule has 19 heavy (non-hydrogen) atoms. The minimum absolute atomic E-state index is 0.0287. The van der Waals surface area contributed by atoms with Crippen LogP contribution in [0.2, 0.25) is 5.28 Å². The predicted octanol–water partition coefficient (Wildman–Crippen LogP) is 1.79. The van der Waals surface area contributed by atoms with Crippen LogP contribution in [0.3, 0.4) is 0 Å². The van der Waals surface area contributed by atoms with Gasteiger partial charge in [-0.1, -0.05) is 0 Å². The lowest BCUT2D eigenvalue weighted by Gasteiger charge is -2.09. The molecule has 0 saturated carbocycles. The minimum atomic E-state index is -0.0722. The number of ether oxygens (including phenoxy) is 1. The van der Waals surface area contributed by atoms with Gasteiger partial charge in [-0.3, -0.25) is 9.13 Å². The van der Waals surface area contributed by atoms with Crippen LogP contribution >= 0.6 is 11.6 Å². The number of hydrogen-bond donors (Lipinski definition) is 0. The highest BCUT2D eigenvalue weighted by Crippen LogP contribution is 2.24. The molecule has 0 radical (unpaired) electrons. The summed E-state index contributed by atoms with van der Waals surface area (Å²) in [7, 11) is 0. The lowest BCUT2D eigenvalue weighted by atomic mass is 10.2. The van der Waals surface area contributed by atoms with E-state index in [-0.39, 0.29) is 23.1 Å². The summed E-state index contributed by atoms with van der Waals surface area (Å²) in [6.07, 6.45) is 2.43. The maximum absolute atomic E-state index is 12.6. The van der Waals surface area contributed by atoms with Crippen molar-refractivity contribution in [2.24, 2.45) is 0 Å². The Bertz CT molecular complexity index is 670. The van der Waals surface area contributed by atoms with E-state index in [0.717, 1.165) is 11.9 Å². The van der Waals surface area contributed by atoms with Gasteiger partial charge in [0.1, 0.15) is 5.52 Å². The molecule has 0 spiro atoms. The summed E-state index contributed by atoms with van der Waals surface area (Å²) in [4.78, 5) is 20.8. The van der Waals surface area contributed by atoms with Gasteiger partial charge in [0.05, 0.1) is 18.8 Å². The molecule has 1 unspecified atom stereocenters. The lowest BCUT2D eigenvalue weighted by Crippen LogP contribution is -2.28. The molecule has 0 amide bonds. The zero-order valence-electron chi connectivity index (χ0n) is 10.8. The van der Waals surface area contributed by atoms with Crippen LogP contribution in [0.4, 0.5) is 0 Å². The molecule has 1 aliphatic rings. The zero-order chi connectivity index (χ0) is 13.6. The van der Waals surface area contributed by atoms with E-state index in [9.17, 15) is 4.79 Å². The molecule has 2 aromatic heterocycles. The minimum Gasteiger partial charge on any atom is -0.379 e. The Morgan fingerprint density at radius 1 is 1.53 bits per heavy atom. The van der Waals surface area contributed by atoms with Crippen LogP contribution in [0.15, 0.2) is 11.0 Å². The van der Waals surface area contributed by atoms with Crippen molar-refractivity contribution < 1.29 is 4.74 Å². The second-order valence-corrected chi connectivity index (χ2v) is 5.32. The van der Waals surface area contributed by atoms with Gasteiger partial charge in [-0.2, -0.15) is 4.98 Å². The molecule has 0 bridgehead atoms. The molecule has 1 saturated heterocycles. The fraction of sp³-hybridized carbons (Fsp3) is 0.583. The first-order chi connectivity index (χ1) is 9.09. The molecule has 3 heterocycles. The molecule has 0 aromatic carbocycles. The first kappa shape index (κ1) is 12.6. The second kappa shape index (κ2) is 4.61. The van der Waals surface area contributed by atoms with E-state index < -0.39 is 0 Å². The van der Waals surface area contributed by atoms with Gasteiger partial charge in [0.2, 0.25) is 5.28 Å². The van der Waals surface area contributed by atoms with Gasteiger partial charge in [-0.05, 0) is 31.9 Å². The largest absolute Gasteiger partial charge is 0.379 e. The van der Waals surface area contributed by atoms with Crippen molar-refractivity contribution in [3.8, 4) is 0 Å². The molecular weight excluding hydrogens is 268 g/mol. The Balaban J connectivity index is 2.33. The Kier molecular flexibility index (Phi) is 3.06. The number of nitrogens with zero attached hydrogens (tertiary/aromatic N) is 4. The SMILES string of the molecule is CC(C)n1c(=O)n(C2CCOC2)c2nc(Cl)ncc21. The van der Waals surface area contributed by atoms with Crippen LogP contribution in [-0.2, 0) is 4.74 Å². The summed E-state index contributed by atoms with van der Waals surface area (Å²) in [5.74, 6) is 0. The highest BCUT2D eigenvalue weighted by atomic mass is 35.5. The van der Waals surface area contributed by atoms with Gasteiger partial charge in [-0.15, -0.1) is 0 Å². The average Bonchev–Trinajstić information content (AvgIpc) is 2.93. The topological polar surface area (TPSA) is 61.9 Å².